The molecular weight excluding hydrogens is 206 g/mol. The van der Waals surface area contributed by atoms with Gasteiger partial charge in [-0.1, -0.05) is 24.3 Å². The number of likely N-dealkylation sites (tertiary alicyclic amines) is 1. The Morgan fingerprint density at radius 3 is 2.47 bits per heavy atom. The molecule has 1 fully saturated rings. The van der Waals surface area contributed by atoms with E-state index >= 15 is 0 Å². The number of aryl methyl sites for hydroxylation is 1. The molecule has 1 heteroatoms. The normalized spacial score (nSPS) is 23.2. The van der Waals surface area contributed by atoms with Gasteiger partial charge in [0.05, 0.1) is 0 Å². The molecule has 3 rings (SSSR count). The summed E-state index contributed by atoms with van der Waals surface area (Å²) in [6.45, 7) is 7.21. The second-order valence-corrected chi connectivity index (χ2v) is 6.07. The number of benzene rings is 1. The number of rotatable bonds is 1. The fraction of sp³-hybridized carbons (Fsp3) is 0.625. The van der Waals surface area contributed by atoms with Crippen LogP contribution in [0.1, 0.15) is 44.2 Å². The van der Waals surface area contributed by atoms with Crippen molar-refractivity contribution in [2.75, 3.05) is 13.1 Å². The van der Waals surface area contributed by atoms with Gasteiger partial charge in [-0.15, -0.1) is 0 Å². The first-order valence-corrected chi connectivity index (χ1v) is 7.04. The minimum atomic E-state index is 0.530. The molecule has 92 valence electrons. The smallest absolute Gasteiger partial charge is 0.00386 e. The Balaban J connectivity index is 1.82. The summed E-state index contributed by atoms with van der Waals surface area (Å²) >= 11 is 0. The van der Waals surface area contributed by atoms with Crippen molar-refractivity contribution in [2.24, 2.45) is 0 Å². The third kappa shape index (κ3) is 1.81. The second kappa shape index (κ2) is 4.13. The Bertz CT molecular complexity index is 400. The van der Waals surface area contributed by atoms with Gasteiger partial charge in [0, 0.05) is 6.04 Å². The molecule has 1 aliphatic heterocycles. The molecule has 1 heterocycles. The van der Waals surface area contributed by atoms with Gasteiger partial charge < -0.3 is 4.90 Å². The molecule has 2 aliphatic rings. The average Bonchev–Trinajstić information content (AvgIpc) is 2.70. The molecule has 0 radical (unpaired) electrons. The van der Waals surface area contributed by atoms with Gasteiger partial charge in [-0.05, 0) is 69.2 Å². The lowest BCUT2D eigenvalue weighted by Crippen LogP contribution is -2.44. The highest BCUT2D eigenvalue weighted by Crippen LogP contribution is 2.46. The molecule has 0 bridgehead atoms. The van der Waals surface area contributed by atoms with Gasteiger partial charge in [-0.3, -0.25) is 0 Å². The summed E-state index contributed by atoms with van der Waals surface area (Å²) in [6, 6.07) is 9.85. The van der Waals surface area contributed by atoms with Crippen LogP contribution < -0.4 is 0 Å². The van der Waals surface area contributed by atoms with E-state index in [4.69, 9.17) is 0 Å². The summed E-state index contributed by atoms with van der Waals surface area (Å²) in [4.78, 5) is 2.63. The molecule has 1 spiro atoms. The van der Waals surface area contributed by atoms with Gasteiger partial charge in [0.15, 0.2) is 0 Å². The second-order valence-electron chi connectivity index (χ2n) is 6.07. The van der Waals surface area contributed by atoms with Gasteiger partial charge in [-0.2, -0.15) is 0 Å². The van der Waals surface area contributed by atoms with Crippen molar-refractivity contribution >= 4 is 0 Å². The van der Waals surface area contributed by atoms with Crippen molar-refractivity contribution in [3.05, 3.63) is 35.4 Å². The predicted octanol–water partition coefficient (Wildman–Crippen LogP) is 3.37. The quantitative estimate of drug-likeness (QED) is 0.713. The Labute approximate surface area is 105 Å². The fourth-order valence-electron chi connectivity index (χ4n) is 3.75. The van der Waals surface area contributed by atoms with E-state index in [9.17, 15) is 0 Å². The molecule has 1 nitrogen and oxygen atoms in total. The van der Waals surface area contributed by atoms with Crippen LogP contribution in [0.25, 0.3) is 0 Å². The van der Waals surface area contributed by atoms with Gasteiger partial charge in [0.25, 0.3) is 0 Å². The lowest BCUT2D eigenvalue weighted by atomic mass is 9.73. The summed E-state index contributed by atoms with van der Waals surface area (Å²) in [6.07, 6.45) is 5.42. The van der Waals surface area contributed by atoms with Crippen LogP contribution in [0.4, 0.5) is 0 Å². The Kier molecular flexibility index (Phi) is 2.74. The first-order chi connectivity index (χ1) is 8.21. The number of nitrogens with zero attached hydrogens (tertiary/aromatic N) is 1. The van der Waals surface area contributed by atoms with E-state index in [0.29, 0.717) is 11.5 Å². The Morgan fingerprint density at radius 2 is 1.76 bits per heavy atom. The monoisotopic (exact) mass is 229 g/mol. The molecule has 1 aromatic carbocycles. The lowest BCUT2D eigenvalue weighted by Gasteiger charge is -2.41. The zero-order valence-corrected chi connectivity index (χ0v) is 11.1. The van der Waals surface area contributed by atoms with Crippen LogP contribution in [0.5, 0.6) is 0 Å². The molecule has 0 saturated carbocycles. The summed E-state index contributed by atoms with van der Waals surface area (Å²) in [5.74, 6) is 0. The van der Waals surface area contributed by atoms with Gasteiger partial charge in [0.1, 0.15) is 0 Å². The molecule has 0 unspecified atom stereocenters. The zero-order chi connectivity index (χ0) is 11.9. The van der Waals surface area contributed by atoms with E-state index in [1.807, 2.05) is 0 Å². The first kappa shape index (κ1) is 11.3. The maximum absolute atomic E-state index is 2.63. The SMILES string of the molecule is CC(C)N1CCC2(CCc3ccccc32)CC1. The van der Waals surface area contributed by atoms with E-state index in [1.54, 1.807) is 11.1 Å². The van der Waals surface area contributed by atoms with Crippen molar-refractivity contribution < 1.29 is 0 Å². The van der Waals surface area contributed by atoms with Crippen LogP contribution in [0.2, 0.25) is 0 Å². The van der Waals surface area contributed by atoms with Gasteiger partial charge in [-0.25, -0.2) is 0 Å². The van der Waals surface area contributed by atoms with Crippen LogP contribution >= 0.6 is 0 Å². The van der Waals surface area contributed by atoms with Gasteiger partial charge >= 0.3 is 0 Å². The number of hydrogen-bond donors (Lipinski definition) is 0. The highest BCUT2D eigenvalue weighted by atomic mass is 15.2. The van der Waals surface area contributed by atoms with Crippen LogP contribution in [0.3, 0.4) is 0 Å². The minimum absolute atomic E-state index is 0.530. The standard InChI is InChI=1S/C16H23N/c1-13(2)17-11-9-16(10-12-17)8-7-14-5-3-4-6-15(14)16/h3-6,13H,7-12H2,1-2H3. The van der Waals surface area contributed by atoms with E-state index in [-0.39, 0.29) is 0 Å². The van der Waals surface area contributed by atoms with Crippen LogP contribution in [-0.4, -0.2) is 24.0 Å². The third-order valence-electron chi connectivity index (χ3n) is 4.95. The maximum Gasteiger partial charge on any atom is 0.00386 e. The van der Waals surface area contributed by atoms with E-state index in [0.717, 1.165) is 0 Å². The van der Waals surface area contributed by atoms with Crippen LogP contribution in [0, 0.1) is 0 Å². The summed E-state index contributed by atoms with van der Waals surface area (Å²) in [5, 5.41) is 0. The molecule has 17 heavy (non-hydrogen) atoms. The molecule has 0 atom stereocenters. The van der Waals surface area contributed by atoms with Gasteiger partial charge in [0.2, 0.25) is 0 Å². The molecular formula is C16H23N. The predicted molar refractivity (Wildman–Crippen MR) is 72.4 cm³/mol. The van der Waals surface area contributed by atoms with Crippen molar-refractivity contribution in [3.8, 4) is 0 Å². The van der Waals surface area contributed by atoms with E-state index in [1.165, 1.54) is 38.8 Å². The van der Waals surface area contributed by atoms with Crippen molar-refractivity contribution in [1.82, 2.24) is 4.90 Å². The molecule has 1 aliphatic carbocycles. The fourth-order valence-corrected chi connectivity index (χ4v) is 3.75. The number of hydrogen-bond acceptors (Lipinski definition) is 1. The molecule has 0 aromatic heterocycles. The lowest BCUT2D eigenvalue weighted by molar-refractivity contribution is 0.129. The molecule has 1 aromatic rings. The average molecular weight is 229 g/mol. The maximum atomic E-state index is 2.63. The van der Waals surface area contributed by atoms with Crippen LogP contribution in [0.15, 0.2) is 24.3 Å². The van der Waals surface area contributed by atoms with Crippen molar-refractivity contribution in [1.29, 1.82) is 0 Å². The summed E-state index contributed by atoms with van der Waals surface area (Å²) in [7, 11) is 0. The number of piperidine rings is 1. The van der Waals surface area contributed by atoms with E-state index in [2.05, 4.69) is 43.0 Å². The molecule has 1 saturated heterocycles. The van der Waals surface area contributed by atoms with Crippen molar-refractivity contribution in [3.63, 3.8) is 0 Å². The minimum Gasteiger partial charge on any atom is -0.301 e. The largest absolute Gasteiger partial charge is 0.301 e. The Hall–Kier alpha value is -0.820. The van der Waals surface area contributed by atoms with E-state index < -0.39 is 0 Å². The number of fused-ring (bicyclic) bond motifs is 2. The summed E-state index contributed by atoms with van der Waals surface area (Å²) < 4.78 is 0. The first-order valence-electron chi connectivity index (χ1n) is 7.04. The summed E-state index contributed by atoms with van der Waals surface area (Å²) in [5.41, 5.74) is 3.82. The van der Waals surface area contributed by atoms with Crippen molar-refractivity contribution in [2.45, 2.75) is 51.0 Å². The third-order valence-corrected chi connectivity index (χ3v) is 4.95. The highest BCUT2D eigenvalue weighted by molar-refractivity contribution is 5.39. The van der Waals surface area contributed by atoms with Crippen LogP contribution in [-0.2, 0) is 11.8 Å². The molecule has 0 amide bonds. The zero-order valence-electron chi connectivity index (χ0n) is 11.1. The topological polar surface area (TPSA) is 3.24 Å². The Morgan fingerprint density at radius 1 is 1.06 bits per heavy atom. The molecule has 0 N–H and O–H groups in total. The highest BCUT2D eigenvalue weighted by Gasteiger charge is 2.40.